The molecule has 0 saturated heterocycles. The van der Waals surface area contributed by atoms with Crippen LogP contribution in [0.25, 0.3) is 11.1 Å². The van der Waals surface area contributed by atoms with Crippen molar-refractivity contribution in [2.45, 2.75) is 27.7 Å². The highest BCUT2D eigenvalue weighted by molar-refractivity contribution is 5.62. The quantitative estimate of drug-likeness (QED) is 0.326. The molecule has 0 aliphatic carbocycles. The molecule has 0 amide bonds. The van der Waals surface area contributed by atoms with E-state index in [4.69, 9.17) is 0 Å². The van der Waals surface area contributed by atoms with Gasteiger partial charge in [0.15, 0.2) is 0 Å². The molecule has 0 N–H and O–H groups in total. The first-order chi connectivity index (χ1) is 13.8. The van der Waals surface area contributed by atoms with Crippen LogP contribution in [0, 0.1) is 0 Å². The zero-order chi connectivity index (χ0) is 21.0. The van der Waals surface area contributed by atoms with Gasteiger partial charge in [-0.05, 0) is 35.4 Å². The molecule has 4 rings (SSSR count). The number of nitrogens with zero attached hydrogens (tertiary/aromatic N) is 2. The van der Waals surface area contributed by atoms with Crippen LogP contribution in [-0.4, -0.2) is 9.13 Å². The summed E-state index contributed by atoms with van der Waals surface area (Å²) < 4.78 is 4.00. The Kier molecular flexibility index (Phi) is 15.5. The van der Waals surface area contributed by atoms with Gasteiger partial charge in [0.25, 0.3) is 0 Å². The van der Waals surface area contributed by atoms with Gasteiger partial charge in [-0.25, -0.2) is 0 Å². The van der Waals surface area contributed by atoms with E-state index < -0.39 is 0 Å². The standard InChI is InChI=1S/C12H10.2C5H7N.2C2H6/c1-3-7-11(8-4-1)12-9-5-2-6-10-12;2*1-6-4-2-3-5-6;2*1-2/h1-10H;2*2-5H,1H3;2*1-2H3. The average Bonchev–Trinajstić information content (AvgIpc) is 3.47. The molecule has 0 bridgehead atoms. The number of aromatic nitrogens is 2. The van der Waals surface area contributed by atoms with Crippen molar-refractivity contribution in [2.75, 3.05) is 0 Å². The second kappa shape index (κ2) is 17.4. The van der Waals surface area contributed by atoms with Gasteiger partial charge in [0.1, 0.15) is 0 Å². The predicted molar refractivity (Wildman–Crippen MR) is 125 cm³/mol. The molecule has 2 aromatic carbocycles. The Labute approximate surface area is 172 Å². The van der Waals surface area contributed by atoms with E-state index in [0.29, 0.717) is 0 Å². The van der Waals surface area contributed by atoms with Gasteiger partial charge in [-0.2, -0.15) is 0 Å². The molecule has 0 aliphatic heterocycles. The van der Waals surface area contributed by atoms with Gasteiger partial charge < -0.3 is 9.13 Å². The van der Waals surface area contributed by atoms with Crippen LogP contribution in [0.2, 0.25) is 0 Å². The summed E-state index contributed by atoms with van der Waals surface area (Å²) in [5.74, 6) is 0. The summed E-state index contributed by atoms with van der Waals surface area (Å²) in [6, 6.07) is 28.8. The molecular weight excluding hydrogens is 340 g/mol. The summed E-state index contributed by atoms with van der Waals surface area (Å²) in [6.45, 7) is 8.00. The Morgan fingerprint density at radius 3 is 0.821 bits per heavy atom. The summed E-state index contributed by atoms with van der Waals surface area (Å²) in [5, 5.41) is 0. The lowest BCUT2D eigenvalue weighted by atomic mass is 10.1. The second-order valence-electron chi connectivity index (χ2n) is 5.43. The molecule has 0 radical (unpaired) electrons. The van der Waals surface area contributed by atoms with Gasteiger partial charge in [-0.3, -0.25) is 0 Å². The topological polar surface area (TPSA) is 9.86 Å². The minimum Gasteiger partial charge on any atom is -0.357 e. The third-order valence-corrected chi connectivity index (χ3v) is 3.39. The van der Waals surface area contributed by atoms with Crippen molar-refractivity contribution >= 4 is 0 Å². The van der Waals surface area contributed by atoms with E-state index >= 15 is 0 Å². The first-order valence-corrected chi connectivity index (χ1v) is 10.00. The number of aryl methyl sites for hydroxylation is 2. The highest BCUT2D eigenvalue weighted by Gasteiger charge is 1.91. The van der Waals surface area contributed by atoms with Crippen LogP contribution in [-0.2, 0) is 14.1 Å². The van der Waals surface area contributed by atoms with Crippen molar-refractivity contribution in [3.63, 3.8) is 0 Å². The first kappa shape index (κ1) is 25.0. The van der Waals surface area contributed by atoms with Crippen LogP contribution in [0.4, 0.5) is 0 Å². The zero-order valence-electron chi connectivity index (χ0n) is 18.3. The lowest BCUT2D eigenvalue weighted by Gasteiger charge is -1.98. The minimum atomic E-state index is 1.28. The maximum absolute atomic E-state index is 2.12. The van der Waals surface area contributed by atoms with Crippen molar-refractivity contribution in [3.05, 3.63) is 110 Å². The lowest BCUT2D eigenvalue weighted by molar-refractivity contribution is 0.928. The monoisotopic (exact) mass is 376 g/mol. The summed E-state index contributed by atoms with van der Waals surface area (Å²) in [5.41, 5.74) is 2.55. The van der Waals surface area contributed by atoms with Crippen molar-refractivity contribution in [1.29, 1.82) is 0 Å². The van der Waals surface area contributed by atoms with Crippen LogP contribution in [0.3, 0.4) is 0 Å². The molecule has 0 unspecified atom stereocenters. The van der Waals surface area contributed by atoms with E-state index in [1.165, 1.54) is 11.1 Å². The lowest BCUT2D eigenvalue weighted by Crippen LogP contribution is -1.75. The molecule has 2 heterocycles. The van der Waals surface area contributed by atoms with E-state index in [1.807, 2.05) is 112 Å². The Bertz CT molecular complexity index is 686. The van der Waals surface area contributed by atoms with Crippen LogP contribution in [0.1, 0.15) is 27.7 Å². The Hall–Kier alpha value is -3.00. The SMILES string of the molecule is CC.CC.Cn1cccc1.Cn1cccc1.c1ccc(-c2ccccc2)cc1. The Morgan fingerprint density at radius 2 is 0.643 bits per heavy atom. The van der Waals surface area contributed by atoms with Gasteiger partial charge in [-0.1, -0.05) is 88.4 Å². The molecule has 0 aliphatic rings. The molecule has 2 heteroatoms. The number of benzene rings is 2. The molecule has 0 atom stereocenters. The fourth-order valence-electron chi connectivity index (χ4n) is 2.10. The van der Waals surface area contributed by atoms with Crippen LogP contribution in [0.5, 0.6) is 0 Å². The van der Waals surface area contributed by atoms with E-state index in [9.17, 15) is 0 Å². The highest BCUT2D eigenvalue weighted by Crippen LogP contribution is 2.17. The highest BCUT2D eigenvalue weighted by atomic mass is 14.9. The van der Waals surface area contributed by atoms with E-state index in [2.05, 4.69) is 48.5 Å². The third kappa shape index (κ3) is 11.6. The first-order valence-electron chi connectivity index (χ1n) is 10.00. The summed E-state index contributed by atoms with van der Waals surface area (Å²) in [4.78, 5) is 0. The van der Waals surface area contributed by atoms with E-state index in [-0.39, 0.29) is 0 Å². The molecule has 2 aromatic heterocycles. The minimum absolute atomic E-state index is 1.28. The van der Waals surface area contributed by atoms with Crippen LogP contribution >= 0.6 is 0 Å². The second-order valence-corrected chi connectivity index (χ2v) is 5.43. The van der Waals surface area contributed by atoms with Gasteiger partial charge in [0.05, 0.1) is 0 Å². The molecule has 150 valence electrons. The molecule has 0 fully saturated rings. The number of hydrogen-bond donors (Lipinski definition) is 0. The predicted octanol–water partition coefficient (Wildman–Crippen LogP) is 7.46. The number of rotatable bonds is 1. The Morgan fingerprint density at radius 1 is 0.393 bits per heavy atom. The molecule has 2 nitrogen and oxygen atoms in total. The summed E-state index contributed by atoms with van der Waals surface area (Å²) >= 11 is 0. The summed E-state index contributed by atoms with van der Waals surface area (Å²) in [6.07, 6.45) is 8.00. The zero-order valence-corrected chi connectivity index (χ0v) is 18.3. The van der Waals surface area contributed by atoms with Crippen molar-refractivity contribution < 1.29 is 0 Å². The van der Waals surface area contributed by atoms with Gasteiger partial charge >= 0.3 is 0 Å². The largest absolute Gasteiger partial charge is 0.357 e. The third-order valence-electron chi connectivity index (χ3n) is 3.39. The smallest absolute Gasteiger partial charge is 0.0106 e. The molecule has 0 spiro atoms. The van der Waals surface area contributed by atoms with Crippen molar-refractivity contribution in [3.8, 4) is 11.1 Å². The van der Waals surface area contributed by atoms with Gasteiger partial charge in [-0.15, -0.1) is 0 Å². The van der Waals surface area contributed by atoms with Crippen molar-refractivity contribution in [1.82, 2.24) is 9.13 Å². The van der Waals surface area contributed by atoms with Crippen molar-refractivity contribution in [2.24, 2.45) is 14.1 Å². The molecule has 4 aromatic rings. The fourth-order valence-corrected chi connectivity index (χ4v) is 2.10. The van der Waals surface area contributed by atoms with E-state index in [0.717, 1.165) is 0 Å². The van der Waals surface area contributed by atoms with Crippen LogP contribution < -0.4 is 0 Å². The van der Waals surface area contributed by atoms with Gasteiger partial charge in [0.2, 0.25) is 0 Å². The summed E-state index contributed by atoms with van der Waals surface area (Å²) in [7, 11) is 4.00. The molecular formula is C26H36N2. The normalized spacial score (nSPS) is 8.36. The maximum atomic E-state index is 2.12. The number of hydrogen-bond acceptors (Lipinski definition) is 0. The van der Waals surface area contributed by atoms with E-state index in [1.54, 1.807) is 0 Å². The van der Waals surface area contributed by atoms with Crippen LogP contribution in [0.15, 0.2) is 110 Å². The average molecular weight is 377 g/mol. The maximum Gasteiger partial charge on any atom is 0.0106 e. The molecule has 28 heavy (non-hydrogen) atoms. The van der Waals surface area contributed by atoms with Gasteiger partial charge in [0, 0.05) is 38.9 Å². The fraction of sp³-hybridized carbons (Fsp3) is 0.231. The molecule has 0 saturated carbocycles. The Balaban J connectivity index is 0.000000387.